The molecular weight excluding hydrogens is 254 g/mol. The lowest BCUT2D eigenvalue weighted by Gasteiger charge is -2.19. The molecule has 0 unspecified atom stereocenters. The summed E-state index contributed by atoms with van der Waals surface area (Å²) in [5, 5.41) is 11.7. The van der Waals surface area contributed by atoms with Crippen LogP contribution >= 0.6 is 0 Å². The topological polar surface area (TPSA) is 66.4 Å². The fourth-order valence-electron chi connectivity index (χ4n) is 1.95. The predicted molar refractivity (Wildman–Crippen MR) is 78.7 cm³/mol. The van der Waals surface area contributed by atoms with Crippen LogP contribution in [0.1, 0.15) is 37.0 Å². The van der Waals surface area contributed by atoms with Crippen molar-refractivity contribution in [3.05, 3.63) is 34.9 Å². The first kappa shape index (κ1) is 16.2. The third-order valence-corrected chi connectivity index (χ3v) is 3.23. The number of carbonyl (C=O) groups excluding carboxylic acids is 1. The summed E-state index contributed by atoms with van der Waals surface area (Å²) in [6, 6.07) is 6.24. The maximum atomic E-state index is 11.8. The van der Waals surface area contributed by atoms with Crippen LogP contribution in [0.25, 0.3) is 0 Å². The number of rotatable bonds is 6. The van der Waals surface area contributed by atoms with E-state index in [1.807, 2.05) is 13.8 Å². The summed E-state index contributed by atoms with van der Waals surface area (Å²) < 4.78 is 0. The second-order valence-corrected chi connectivity index (χ2v) is 5.96. The molecule has 2 N–H and O–H groups in total. The second kappa shape index (κ2) is 6.55. The summed E-state index contributed by atoms with van der Waals surface area (Å²) in [4.78, 5) is 22.7. The van der Waals surface area contributed by atoms with Crippen molar-refractivity contribution >= 4 is 11.9 Å². The van der Waals surface area contributed by atoms with E-state index in [1.165, 1.54) is 11.1 Å². The van der Waals surface area contributed by atoms with Gasteiger partial charge in [-0.05, 0) is 39.7 Å². The molecule has 0 aliphatic heterocycles. The molecule has 0 bridgehead atoms. The zero-order valence-corrected chi connectivity index (χ0v) is 12.6. The Kier molecular flexibility index (Phi) is 5.31. The summed E-state index contributed by atoms with van der Waals surface area (Å²) in [6.07, 6.45) is 1.04. The summed E-state index contributed by atoms with van der Waals surface area (Å²) in [5.41, 5.74) is 2.57. The zero-order valence-electron chi connectivity index (χ0n) is 12.6. The van der Waals surface area contributed by atoms with Gasteiger partial charge in [0.05, 0.1) is 5.41 Å². The van der Waals surface area contributed by atoms with Gasteiger partial charge in [-0.2, -0.15) is 0 Å². The first-order valence-electron chi connectivity index (χ1n) is 6.78. The monoisotopic (exact) mass is 277 g/mol. The highest BCUT2D eigenvalue weighted by Gasteiger charge is 2.27. The third kappa shape index (κ3) is 5.03. The molecule has 0 aliphatic carbocycles. The Balaban J connectivity index is 2.46. The maximum absolute atomic E-state index is 11.8. The van der Waals surface area contributed by atoms with Crippen LogP contribution in [0.2, 0.25) is 0 Å². The standard InChI is InChI=1S/C16H23NO3/c1-11-7-12(2)9-13(8-11)5-6-14(18)17-10-16(3,4)15(19)20/h7-9H,5-6,10H2,1-4H3,(H,17,18)(H,19,20). The van der Waals surface area contributed by atoms with Gasteiger partial charge in [0.15, 0.2) is 0 Å². The van der Waals surface area contributed by atoms with Crippen LogP contribution in [0.4, 0.5) is 0 Å². The Bertz CT molecular complexity index is 486. The highest BCUT2D eigenvalue weighted by atomic mass is 16.4. The van der Waals surface area contributed by atoms with Crippen molar-refractivity contribution in [1.82, 2.24) is 5.32 Å². The first-order valence-corrected chi connectivity index (χ1v) is 6.78. The lowest BCUT2D eigenvalue weighted by molar-refractivity contribution is -0.146. The number of hydrogen-bond acceptors (Lipinski definition) is 2. The lowest BCUT2D eigenvalue weighted by Crippen LogP contribution is -2.38. The molecule has 1 amide bonds. The van der Waals surface area contributed by atoms with E-state index in [1.54, 1.807) is 13.8 Å². The molecule has 1 rings (SSSR count). The number of benzene rings is 1. The largest absolute Gasteiger partial charge is 0.481 e. The SMILES string of the molecule is Cc1cc(C)cc(CCC(=O)NCC(C)(C)C(=O)O)c1. The first-order chi connectivity index (χ1) is 9.20. The minimum absolute atomic E-state index is 0.113. The number of aliphatic carboxylic acids is 1. The molecule has 20 heavy (non-hydrogen) atoms. The normalized spacial score (nSPS) is 11.2. The predicted octanol–water partition coefficient (Wildman–Crippen LogP) is 2.46. The maximum Gasteiger partial charge on any atom is 0.310 e. The number of carbonyl (C=O) groups is 2. The van der Waals surface area contributed by atoms with Gasteiger partial charge < -0.3 is 10.4 Å². The molecule has 0 spiro atoms. The van der Waals surface area contributed by atoms with Gasteiger partial charge in [-0.25, -0.2) is 0 Å². The summed E-state index contributed by atoms with van der Waals surface area (Å²) in [7, 11) is 0. The number of nitrogens with one attached hydrogen (secondary N) is 1. The van der Waals surface area contributed by atoms with Gasteiger partial charge in [-0.15, -0.1) is 0 Å². The Hall–Kier alpha value is -1.84. The average molecular weight is 277 g/mol. The van der Waals surface area contributed by atoms with Crippen molar-refractivity contribution in [3.63, 3.8) is 0 Å². The van der Waals surface area contributed by atoms with Crippen LogP contribution in [0.3, 0.4) is 0 Å². The minimum atomic E-state index is -0.935. The highest BCUT2D eigenvalue weighted by Crippen LogP contribution is 2.14. The Labute approximate surface area is 120 Å². The minimum Gasteiger partial charge on any atom is -0.481 e. The van der Waals surface area contributed by atoms with E-state index >= 15 is 0 Å². The van der Waals surface area contributed by atoms with Crippen molar-refractivity contribution in [2.45, 2.75) is 40.5 Å². The Morgan fingerprint density at radius 2 is 1.70 bits per heavy atom. The smallest absolute Gasteiger partial charge is 0.310 e. The summed E-state index contributed by atoms with van der Waals surface area (Å²) in [5.74, 6) is -1.02. The van der Waals surface area contributed by atoms with E-state index in [0.717, 1.165) is 5.56 Å². The molecule has 1 aromatic rings. The van der Waals surface area contributed by atoms with Crippen LogP contribution in [-0.4, -0.2) is 23.5 Å². The van der Waals surface area contributed by atoms with Crippen molar-refractivity contribution in [1.29, 1.82) is 0 Å². The number of carboxylic acids is 1. The summed E-state index contributed by atoms with van der Waals surface area (Å²) in [6.45, 7) is 7.41. The van der Waals surface area contributed by atoms with Crippen LogP contribution in [0.15, 0.2) is 18.2 Å². The highest BCUT2D eigenvalue weighted by molar-refractivity contribution is 5.78. The van der Waals surface area contributed by atoms with Gasteiger partial charge in [-0.3, -0.25) is 9.59 Å². The molecule has 0 heterocycles. The van der Waals surface area contributed by atoms with Gasteiger partial charge in [0.25, 0.3) is 0 Å². The molecule has 4 nitrogen and oxygen atoms in total. The molecule has 0 saturated carbocycles. The second-order valence-electron chi connectivity index (χ2n) is 5.96. The quantitative estimate of drug-likeness (QED) is 0.839. The number of aryl methyl sites for hydroxylation is 3. The van der Waals surface area contributed by atoms with E-state index in [-0.39, 0.29) is 12.5 Å². The van der Waals surface area contributed by atoms with Gasteiger partial charge in [-0.1, -0.05) is 29.3 Å². The molecule has 110 valence electrons. The Morgan fingerprint density at radius 1 is 1.15 bits per heavy atom. The number of amides is 1. The van der Waals surface area contributed by atoms with Crippen molar-refractivity contribution in [3.8, 4) is 0 Å². The van der Waals surface area contributed by atoms with E-state index in [9.17, 15) is 9.59 Å². The summed E-state index contributed by atoms with van der Waals surface area (Å²) >= 11 is 0. The lowest BCUT2D eigenvalue weighted by atomic mass is 9.94. The van der Waals surface area contributed by atoms with E-state index in [0.29, 0.717) is 12.8 Å². The molecule has 0 aliphatic rings. The van der Waals surface area contributed by atoms with Crippen molar-refractivity contribution in [2.24, 2.45) is 5.41 Å². The van der Waals surface area contributed by atoms with Crippen molar-refractivity contribution < 1.29 is 14.7 Å². The molecule has 0 atom stereocenters. The fourth-order valence-corrected chi connectivity index (χ4v) is 1.95. The number of carboxylic acid groups (broad SMARTS) is 1. The third-order valence-electron chi connectivity index (χ3n) is 3.23. The molecule has 1 aromatic carbocycles. The van der Waals surface area contributed by atoms with Gasteiger partial charge in [0, 0.05) is 13.0 Å². The van der Waals surface area contributed by atoms with Crippen LogP contribution < -0.4 is 5.32 Å². The van der Waals surface area contributed by atoms with Crippen molar-refractivity contribution in [2.75, 3.05) is 6.54 Å². The molecule has 0 fully saturated rings. The van der Waals surface area contributed by atoms with E-state index in [4.69, 9.17) is 5.11 Å². The van der Waals surface area contributed by atoms with Gasteiger partial charge >= 0.3 is 5.97 Å². The molecular formula is C16H23NO3. The van der Waals surface area contributed by atoms with Gasteiger partial charge in [0.1, 0.15) is 0 Å². The van der Waals surface area contributed by atoms with E-state index < -0.39 is 11.4 Å². The van der Waals surface area contributed by atoms with Crippen LogP contribution in [0.5, 0.6) is 0 Å². The molecule has 0 aromatic heterocycles. The van der Waals surface area contributed by atoms with Crippen LogP contribution in [0, 0.1) is 19.3 Å². The van der Waals surface area contributed by atoms with Gasteiger partial charge in [0.2, 0.25) is 5.91 Å². The Morgan fingerprint density at radius 3 is 2.20 bits per heavy atom. The zero-order chi connectivity index (χ0) is 15.3. The fraction of sp³-hybridized carbons (Fsp3) is 0.500. The number of hydrogen-bond donors (Lipinski definition) is 2. The van der Waals surface area contributed by atoms with E-state index in [2.05, 4.69) is 23.5 Å². The molecule has 0 saturated heterocycles. The molecule has 0 radical (unpaired) electrons. The van der Waals surface area contributed by atoms with Crippen LogP contribution in [-0.2, 0) is 16.0 Å². The average Bonchev–Trinajstić information content (AvgIpc) is 2.32. The molecule has 4 heteroatoms.